The van der Waals surface area contributed by atoms with Crippen LogP contribution in [-0.2, 0) is 0 Å². The lowest BCUT2D eigenvalue weighted by molar-refractivity contribution is 0.151. The van der Waals surface area contributed by atoms with Gasteiger partial charge in [-0.3, -0.25) is 4.90 Å². The summed E-state index contributed by atoms with van der Waals surface area (Å²) in [5.41, 5.74) is 5.43. The number of rotatable bonds is 4. The molecule has 1 heterocycles. The summed E-state index contributed by atoms with van der Waals surface area (Å²) in [5.74, 6) is -0.529. The number of hydrogen-bond donors (Lipinski definition) is 1. The van der Waals surface area contributed by atoms with Gasteiger partial charge in [-0.1, -0.05) is 36.4 Å². The van der Waals surface area contributed by atoms with Gasteiger partial charge in [-0.2, -0.15) is 0 Å². The Bertz CT molecular complexity index is 1030. The van der Waals surface area contributed by atoms with E-state index in [1.807, 2.05) is 36.4 Å². The van der Waals surface area contributed by atoms with Crippen molar-refractivity contribution in [3.8, 4) is 0 Å². The molecule has 0 aliphatic carbocycles. The van der Waals surface area contributed by atoms with Gasteiger partial charge in [0.05, 0.1) is 6.04 Å². The molecule has 32 heavy (non-hydrogen) atoms. The molecule has 166 valence electrons. The molecule has 0 spiro atoms. The van der Waals surface area contributed by atoms with E-state index in [4.69, 9.17) is 12.2 Å². The van der Waals surface area contributed by atoms with Gasteiger partial charge in [0, 0.05) is 31.9 Å². The first-order valence-corrected chi connectivity index (χ1v) is 11.2. The molecule has 6 heteroatoms. The van der Waals surface area contributed by atoms with Gasteiger partial charge in [0.1, 0.15) is 11.6 Å². The topological polar surface area (TPSA) is 18.5 Å². The van der Waals surface area contributed by atoms with Crippen molar-refractivity contribution in [3.63, 3.8) is 0 Å². The van der Waals surface area contributed by atoms with E-state index < -0.39 is 0 Å². The van der Waals surface area contributed by atoms with E-state index in [2.05, 4.69) is 35.0 Å². The summed E-state index contributed by atoms with van der Waals surface area (Å²) in [5, 5.41) is 4.12. The van der Waals surface area contributed by atoms with Crippen molar-refractivity contribution >= 4 is 23.0 Å². The first kappa shape index (κ1) is 22.4. The average Bonchev–Trinajstić information content (AvgIpc) is 2.80. The van der Waals surface area contributed by atoms with Crippen LogP contribution in [-0.4, -0.2) is 41.1 Å². The lowest BCUT2D eigenvalue weighted by atomic mass is 9.96. The van der Waals surface area contributed by atoms with Crippen molar-refractivity contribution in [1.29, 1.82) is 0 Å². The molecule has 1 saturated heterocycles. The number of anilines is 1. The molecule has 0 bridgehead atoms. The number of benzene rings is 3. The van der Waals surface area contributed by atoms with Crippen molar-refractivity contribution in [2.24, 2.45) is 0 Å². The van der Waals surface area contributed by atoms with Gasteiger partial charge < -0.3 is 10.2 Å². The number of piperazine rings is 1. The van der Waals surface area contributed by atoms with Crippen LogP contribution in [0, 0.1) is 25.5 Å². The van der Waals surface area contributed by atoms with Crippen molar-refractivity contribution in [1.82, 2.24) is 9.80 Å². The minimum absolute atomic E-state index is 0.0705. The predicted octanol–water partition coefficient (Wildman–Crippen LogP) is 5.69. The van der Waals surface area contributed by atoms with Crippen LogP contribution in [0.1, 0.15) is 28.3 Å². The Hall–Kier alpha value is -2.83. The SMILES string of the molecule is Cc1cccc(NC(=S)N2CCN(C(c3ccc(F)cc3)c3ccc(F)cc3)CC2)c1C. The largest absolute Gasteiger partial charge is 0.346 e. The molecule has 3 aromatic carbocycles. The molecule has 4 rings (SSSR count). The second-order valence-electron chi connectivity index (χ2n) is 8.21. The maximum Gasteiger partial charge on any atom is 0.173 e. The smallest absolute Gasteiger partial charge is 0.173 e. The van der Waals surface area contributed by atoms with Crippen LogP contribution in [0.3, 0.4) is 0 Å². The molecule has 3 nitrogen and oxygen atoms in total. The number of nitrogens with zero attached hydrogens (tertiary/aromatic N) is 2. The van der Waals surface area contributed by atoms with E-state index >= 15 is 0 Å². The number of halogens is 2. The lowest BCUT2D eigenvalue weighted by Crippen LogP contribution is -2.51. The van der Waals surface area contributed by atoms with Gasteiger partial charge in [-0.25, -0.2) is 8.78 Å². The highest BCUT2D eigenvalue weighted by molar-refractivity contribution is 7.80. The van der Waals surface area contributed by atoms with Crippen molar-refractivity contribution in [2.75, 3.05) is 31.5 Å². The number of hydrogen-bond acceptors (Lipinski definition) is 2. The van der Waals surface area contributed by atoms with Crippen molar-refractivity contribution < 1.29 is 8.78 Å². The van der Waals surface area contributed by atoms with E-state index in [0.29, 0.717) is 0 Å². The second-order valence-corrected chi connectivity index (χ2v) is 8.59. The maximum atomic E-state index is 13.5. The molecular formula is C26H27F2N3S. The highest BCUT2D eigenvalue weighted by Crippen LogP contribution is 2.30. The van der Waals surface area contributed by atoms with E-state index in [0.717, 1.165) is 48.1 Å². The highest BCUT2D eigenvalue weighted by atomic mass is 32.1. The summed E-state index contributed by atoms with van der Waals surface area (Å²) in [7, 11) is 0. The van der Waals surface area contributed by atoms with E-state index in [-0.39, 0.29) is 17.7 Å². The van der Waals surface area contributed by atoms with Crippen LogP contribution >= 0.6 is 12.2 Å². The fraction of sp³-hybridized carbons (Fsp3) is 0.269. The van der Waals surface area contributed by atoms with Crippen LogP contribution in [0.15, 0.2) is 66.7 Å². The summed E-state index contributed by atoms with van der Waals surface area (Å²) in [6.07, 6.45) is 0. The predicted molar refractivity (Wildman–Crippen MR) is 130 cm³/mol. The first-order chi connectivity index (χ1) is 15.4. The Morgan fingerprint density at radius 3 is 1.88 bits per heavy atom. The van der Waals surface area contributed by atoms with E-state index in [1.54, 1.807) is 0 Å². The fourth-order valence-corrected chi connectivity index (χ4v) is 4.46. The number of aryl methyl sites for hydroxylation is 1. The van der Waals surface area contributed by atoms with Crippen LogP contribution in [0.4, 0.5) is 14.5 Å². The molecule has 3 aromatic rings. The molecule has 0 saturated carbocycles. The van der Waals surface area contributed by atoms with Gasteiger partial charge in [-0.05, 0) is 78.7 Å². The Labute approximate surface area is 193 Å². The minimum Gasteiger partial charge on any atom is -0.346 e. The van der Waals surface area contributed by atoms with Gasteiger partial charge in [-0.15, -0.1) is 0 Å². The molecule has 0 unspecified atom stereocenters. The molecule has 0 amide bonds. The van der Waals surface area contributed by atoms with Crippen LogP contribution in [0.5, 0.6) is 0 Å². The molecule has 1 fully saturated rings. The van der Waals surface area contributed by atoms with Gasteiger partial charge in [0.25, 0.3) is 0 Å². The second kappa shape index (κ2) is 9.76. The molecule has 1 aliphatic heterocycles. The third-order valence-electron chi connectivity index (χ3n) is 6.18. The summed E-state index contributed by atoms with van der Waals surface area (Å²) < 4.78 is 27.1. The van der Waals surface area contributed by atoms with Gasteiger partial charge in [0.2, 0.25) is 0 Å². The zero-order valence-electron chi connectivity index (χ0n) is 18.3. The Morgan fingerprint density at radius 2 is 1.34 bits per heavy atom. The molecule has 0 atom stereocenters. The Kier molecular flexibility index (Phi) is 6.82. The van der Waals surface area contributed by atoms with Crippen molar-refractivity contribution in [3.05, 3.63) is 101 Å². The highest BCUT2D eigenvalue weighted by Gasteiger charge is 2.27. The van der Waals surface area contributed by atoms with Gasteiger partial charge >= 0.3 is 0 Å². The monoisotopic (exact) mass is 451 g/mol. The van der Waals surface area contributed by atoms with E-state index in [9.17, 15) is 8.78 Å². The summed E-state index contributed by atoms with van der Waals surface area (Å²) >= 11 is 5.69. The van der Waals surface area contributed by atoms with E-state index in [1.165, 1.54) is 35.4 Å². The number of nitrogens with one attached hydrogen (secondary N) is 1. The van der Waals surface area contributed by atoms with Crippen LogP contribution in [0.2, 0.25) is 0 Å². The van der Waals surface area contributed by atoms with Crippen molar-refractivity contribution in [2.45, 2.75) is 19.9 Å². The lowest BCUT2D eigenvalue weighted by Gasteiger charge is -2.40. The average molecular weight is 452 g/mol. The maximum absolute atomic E-state index is 13.5. The molecule has 0 radical (unpaired) electrons. The summed E-state index contributed by atoms with van der Waals surface area (Å²) in [6.45, 7) is 7.30. The normalized spacial score (nSPS) is 14.6. The zero-order valence-corrected chi connectivity index (χ0v) is 19.1. The fourth-order valence-electron chi connectivity index (χ4n) is 4.17. The minimum atomic E-state index is -0.265. The zero-order chi connectivity index (χ0) is 22.7. The first-order valence-electron chi connectivity index (χ1n) is 10.8. The number of thiocarbonyl (C=S) groups is 1. The summed E-state index contributed by atoms with van der Waals surface area (Å²) in [6, 6.07) is 19.2. The van der Waals surface area contributed by atoms with Crippen LogP contribution < -0.4 is 5.32 Å². The molecule has 0 aromatic heterocycles. The third kappa shape index (κ3) is 4.97. The summed E-state index contributed by atoms with van der Waals surface area (Å²) in [4.78, 5) is 4.53. The quantitative estimate of drug-likeness (QED) is 0.514. The Balaban J connectivity index is 1.48. The Morgan fingerprint density at radius 1 is 0.812 bits per heavy atom. The molecule has 1 N–H and O–H groups in total. The molecular weight excluding hydrogens is 424 g/mol. The molecule has 1 aliphatic rings. The standard InChI is InChI=1S/C26H27F2N3S/c1-18-4-3-5-24(19(18)2)29-26(32)31-16-14-30(15-17-31)25(20-6-10-22(27)11-7-20)21-8-12-23(28)13-9-21/h3-13,25H,14-17H2,1-2H3,(H,29,32). The van der Waals surface area contributed by atoms with Gasteiger partial charge in [0.15, 0.2) is 5.11 Å². The van der Waals surface area contributed by atoms with Crippen LogP contribution in [0.25, 0.3) is 0 Å². The third-order valence-corrected chi connectivity index (χ3v) is 6.54.